The summed E-state index contributed by atoms with van der Waals surface area (Å²) < 4.78 is 5.37. The molecule has 0 saturated carbocycles. The van der Waals surface area contributed by atoms with E-state index in [2.05, 4.69) is 24.8 Å². The number of para-hydroxylation sites is 1. The zero-order valence-electron chi connectivity index (χ0n) is 11.9. The third-order valence-corrected chi connectivity index (χ3v) is 3.21. The lowest BCUT2D eigenvalue weighted by molar-refractivity contribution is 0.0876. The molecule has 0 fully saturated rings. The molecule has 102 valence electrons. The quantitative estimate of drug-likeness (QED) is 0.808. The second-order valence-electron chi connectivity index (χ2n) is 4.90. The molecule has 0 radical (unpaired) electrons. The summed E-state index contributed by atoms with van der Waals surface area (Å²) in [5.41, 5.74) is 1.16. The minimum Gasteiger partial charge on any atom is -0.496 e. The lowest BCUT2D eigenvalue weighted by atomic mass is 10.1. The maximum absolute atomic E-state index is 9.81. The van der Waals surface area contributed by atoms with Crippen molar-refractivity contribution in [3.8, 4) is 5.75 Å². The molecule has 1 unspecified atom stereocenters. The number of aliphatic hydroxyl groups excluding tert-OH is 1. The van der Waals surface area contributed by atoms with Crippen molar-refractivity contribution in [2.45, 2.75) is 45.9 Å². The van der Waals surface area contributed by atoms with Crippen LogP contribution in [0, 0.1) is 0 Å². The Morgan fingerprint density at radius 1 is 1.28 bits per heavy atom. The number of hydrogen-bond acceptors (Lipinski definition) is 3. The molecular weight excluding hydrogens is 226 g/mol. The molecule has 1 rings (SSSR count). The normalized spacial score (nSPS) is 13.1. The number of ether oxygens (including phenoxy) is 1. The Morgan fingerprint density at radius 2 is 1.94 bits per heavy atom. The van der Waals surface area contributed by atoms with Crippen LogP contribution in [-0.2, 0) is 6.54 Å². The highest BCUT2D eigenvalue weighted by atomic mass is 16.5. The highest BCUT2D eigenvalue weighted by Gasteiger charge is 2.15. The van der Waals surface area contributed by atoms with E-state index in [1.54, 1.807) is 7.11 Å². The molecule has 0 heterocycles. The summed E-state index contributed by atoms with van der Waals surface area (Å²) in [5.74, 6) is 0.911. The number of benzene rings is 1. The van der Waals surface area contributed by atoms with Crippen molar-refractivity contribution in [3.05, 3.63) is 29.8 Å². The average Bonchev–Trinajstić information content (AvgIpc) is 2.38. The molecule has 0 saturated heterocycles. The number of aliphatic hydroxyl groups is 1. The Bertz CT molecular complexity index is 352. The van der Waals surface area contributed by atoms with E-state index in [-0.39, 0.29) is 6.10 Å². The fourth-order valence-corrected chi connectivity index (χ4v) is 1.91. The van der Waals surface area contributed by atoms with Crippen molar-refractivity contribution in [2.75, 3.05) is 13.7 Å². The SMILES string of the molecule is CCC(O)CN(Cc1ccccc1OC)C(C)C. The first-order valence-corrected chi connectivity index (χ1v) is 6.62. The summed E-state index contributed by atoms with van der Waals surface area (Å²) in [6, 6.07) is 8.45. The van der Waals surface area contributed by atoms with Crippen LogP contribution in [-0.4, -0.2) is 35.8 Å². The molecule has 1 N–H and O–H groups in total. The van der Waals surface area contributed by atoms with E-state index >= 15 is 0 Å². The Hall–Kier alpha value is -1.06. The number of nitrogens with zero attached hydrogens (tertiary/aromatic N) is 1. The largest absolute Gasteiger partial charge is 0.496 e. The lowest BCUT2D eigenvalue weighted by Gasteiger charge is -2.29. The topological polar surface area (TPSA) is 32.7 Å². The van der Waals surface area contributed by atoms with Crippen molar-refractivity contribution in [1.82, 2.24) is 4.90 Å². The third-order valence-electron chi connectivity index (χ3n) is 3.21. The maximum Gasteiger partial charge on any atom is 0.123 e. The summed E-state index contributed by atoms with van der Waals surface area (Å²) in [5, 5.41) is 9.81. The smallest absolute Gasteiger partial charge is 0.123 e. The van der Waals surface area contributed by atoms with E-state index in [0.717, 1.165) is 24.3 Å². The molecule has 1 atom stereocenters. The minimum atomic E-state index is -0.262. The lowest BCUT2D eigenvalue weighted by Crippen LogP contribution is -2.36. The highest BCUT2D eigenvalue weighted by Crippen LogP contribution is 2.20. The molecule has 1 aromatic rings. The standard InChI is InChI=1S/C15H25NO2/c1-5-14(17)11-16(12(2)3)10-13-8-6-7-9-15(13)18-4/h6-9,12,14,17H,5,10-11H2,1-4H3. The van der Waals surface area contributed by atoms with Gasteiger partial charge in [0, 0.05) is 24.7 Å². The fraction of sp³-hybridized carbons (Fsp3) is 0.600. The van der Waals surface area contributed by atoms with Gasteiger partial charge in [-0.05, 0) is 26.3 Å². The molecule has 18 heavy (non-hydrogen) atoms. The van der Waals surface area contributed by atoms with Crippen LogP contribution in [0.2, 0.25) is 0 Å². The van der Waals surface area contributed by atoms with Crippen LogP contribution < -0.4 is 4.74 Å². The van der Waals surface area contributed by atoms with Gasteiger partial charge >= 0.3 is 0 Å². The second kappa shape index (κ2) is 7.39. The zero-order valence-corrected chi connectivity index (χ0v) is 11.9. The van der Waals surface area contributed by atoms with Gasteiger partial charge in [0.1, 0.15) is 5.75 Å². The van der Waals surface area contributed by atoms with E-state index in [1.807, 2.05) is 25.1 Å². The Balaban J connectivity index is 2.76. The van der Waals surface area contributed by atoms with Crippen LogP contribution in [0.5, 0.6) is 5.75 Å². The minimum absolute atomic E-state index is 0.262. The summed E-state index contributed by atoms with van der Waals surface area (Å²) in [7, 11) is 1.69. The second-order valence-corrected chi connectivity index (χ2v) is 4.90. The van der Waals surface area contributed by atoms with Gasteiger partial charge in [-0.2, -0.15) is 0 Å². The van der Waals surface area contributed by atoms with Crippen LogP contribution in [0.1, 0.15) is 32.8 Å². The average molecular weight is 251 g/mol. The first kappa shape index (κ1) is 15.0. The number of hydrogen-bond donors (Lipinski definition) is 1. The van der Waals surface area contributed by atoms with Crippen molar-refractivity contribution < 1.29 is 9.84 Å². The van der Waals surface area contributed by atoms with E-state index in [1.165, 1.54) is 0 Å². The Kier molecular flexibility index (Phi) is 6.16. The first-order valence-electron chi connectivity index (χ1n) is 6.62. The summed E-state index contributed by atoms with van der Waals surface area (Å²) in [6.45, 7) is 7.81. The molecule has 0 aliphatic rings. The molecule has 3 heteroatoms. The number of rotatable bonds is 7. The maximum atomic E-state index is 9.81. The van der Waals surface area contributed by atoms with Gasteiger partial charge in [-0.1, -0.05) is 25.1 Å². The van der Waals surface area contributed by atoms with E-state index in [4.69, 9.17) is 4.74 Å². The van der Waals surface area contributed by atoms with Gasteiger partial charge in [-0.25, -0.2) is 0 Å². The third kappa shape index (κ3) is 4.31. The van der Waals surface area contributed by atoms with Crippen molar-refractivity contribution >= 4 is 0 Å². The molecule has 1 aromatic carbocycles. The van der Waals surface area contributed by atoms with Crippen LogP contribution in [0.4, 0.5) is 0 Å². The predicted octanol–water partition coefficient (Wildman–Crippen LogP) is 2.68. The van der Waals surface area contributed by atoms with Gasteiger partial charge in [0.05, 0.1) is 13.2 Å². The van der Waals surface area contributed by atoms with Crippen molar-refractivity contribution in [2.24, 2.45) is 0 Å². The van der Waals surface area contributed by atoms with Gasteiger partial charge in [0.25, 0.3) is 0 Å². The Morgan fingerprint density at radius 3 is 2.50 bits per heavy atom. The molecule has 0 aromatic heterocycles. The van der Waals surface area contributed by atoms with Gasteiger partial charge in [0.15, 0.2) is 0 Å². The van der Waals surface area contributed by atoms with Gasteiger partial charge in [-0.3, -0.25) is 4.90 Å². The first-order chi connectivity index (χ1) is 8.58. The predicted molar refractivity (Wildman–Crippen MR) is 74.8 cm³/mol. The zero-order chi connectivity index (χ0) is 13.5. The highest BCUT2D eigenvalue weighted by molar-refractivity contribution is 5.33. The molecule has 0 aliphatic carbocycles. The van der Waals surface area contributed by atoms with Crippen molar-refractivity contribution in [3.63, 3.8) is 0 Å². The van der Waals surface area contributed by atoms with Crippen LogP contribution in [0.25, 0.3) is 0 Å². The van der Waals surface area contributed by atoms with E-state index in [9.17, 15) is 5.11 Å². The van der Waals surface area contributed by atoms with Gasteiger partial charge in [-0.15, -0.1) is 0 Å². The van der Waals surface area contributed by atoms with Crippen LogP contribution in [0.15, 0.2) is 24.3 Å². The van der Waals surface area contributed by atoms with Crippen molar-refractivity contribution in [1.29, 1.82) is 0 Å². The summed E-state index contributed by atoms with van der Waals surface area (Å²) in [6.07, 6.45) is 0.525. The Labute approximate surface area is 110 Å². The summed E-state index contributed by atoms with van der Waals surface area (Å²) >= 11 is 0. The number of methoxy groups -OCH3 is 1. The van der Waals surface area contributed by atoms with Crippen LogP contribution >= 0.6 is 0 Å². The molecular formula is C15H25NO2. The fourth-order valence-electron chi connectivity index (χ4n) is 1.91. The monoisotopic (exact) mass is 251 g/mol. The van der Waals surface area contributed by atoms with E-state index < -0.39 is 0 Å². The molecule has 0 spiro atoms. The molecule has 3 nitrogen and oxygen atoms in total. The van der Waals surface area contributed by atoms with Gasteiger partial charge in [0.2, 0.25) is 0 Å². The van der Waals surface area contributed by atoms with Crippen LogP contribution in [0.3, 0.4) is 0 Å². The summed E-state index contributed by atoms with van der Waals surface area (Å²) in [4.78, 5) is 2.27. The molecule has 0 aliphatic heterocycles. The molecule has 0 amide bonds. The van der Waals surface area contributed by atoms with Gasteiger partial charge < -0.3 is 9.84 Å². The van der Waals surface area contributed by atoms with E-state index in [0.29, 0.717) is 12.6 Å². The molecule has 0 bridgehead atoms.